The van der Waals surface area contributed by atoms with Crippen LogP contribution in [0.25, 0.3) is 11.5 Å². The fraction of sp³-hybridized carbons (Fsp3) is 0.548. The first kappa shape index (κ1) is 32.8. The summed E-state index contributed by atoms with van der Waals surface area (Å²) in [6, 6.07) is 13.3. The third kappa shape index (κ3) is 7.63. The molecule has 2 N–H and O–H groups in total. The highest BCUT2D eigenvalue weighted by molar-refractivity contribution is 7.90. The number of pyridine rings is 1. The van der Waals surface area contributed by atoms with Crippen LogP contribution in [0.3, 0.4) is 0 Å². The van der Waals surface area contributed by atoms with Crippen LogP contribution < -0.4 is 14.9 Å². The molecule has 5 rings (SSSR count). The summed E-state index contributed by atoms with van der Waals surface area (Å²) in [6.45, 7) is 8.42. The molecule has 1 amide bonds. The van der Waals surface area contributed by atoms with Crippen molar-refractivity contribution in [1.29, 1.82) is 0 Å². The highest BCUT2D eigenvalue weighted by Gasteiger charge is 2.36. The zero-order valence-electron chi connectivity index (χ0n) is 26.7. The molecule has 1 aliphatic carbocycles. The molecular formula is C31H44N8O5S. The van der Waals surface area contributed by atoms with E-state index < -0.39 is 15.7 Å². The number of piperazine rings is 1. The van der Waals surface area contributed by atoms with Crippen LogP contribution in [0.2, 0.25) is 0 Å². The zero-order chi connectivity index (χ0) is 32.4. The van der Waals surface area contributed by atoms with Gasteiger partial charge in [-0.25, -0.2) is 9.29 Å². The van der Waals surface area contributed by atoms with Crippen molar-refractivity contribution in [1.82, 2.24) is 24.4 Å². The number of amides is 1. The van der Waals surface area contributed by atoms with Crippen molar-refractivity contribution >= 4 is 27.8 Å². The van der Waals surface area contributed by atoms with Crippen LogP contribution in [0.4, 0.5) is 11.6 Å². The second kappa shape index (κ2) is 13.4. The lowest BCUT2D eigenvalue weighted by Gasteiger charge is -2.35. The molecule has 0 bridgehead atoms. The number of carbonyl (C=O) groups is 1. The van der Waals surface area contributed by atoms with Crippen molar-refractivity contribution in [3.05, 3.63) is 53.9 Å². The summed E-state index contributed by atoms with van der Waals surface area (Å²) < 4.78 is 41.7. The Balaban J connectivity index is 1.49. The Morgan fingerprint density at radius 1 is 1.13 bits per heavy atom. The fourth-order valence-corrected chi connectivity index (χ4v) is 6.88. The maximum atomic E-state index is 13.8. The fourth-order valence-electron chi connectivity index (χ4n) is 5.58. The molecule has 45 heavy (non-hydrogen) atoms. The Bertz CT molecular complexity index is 1570. The number of hydrogen-bond donors (Lipinski definition) is 1. The molecule has 244 valence electrons. The van der Waals surface area contributed by atoms with Gasteiger partial charge in [-0.3, -0.25) is 4.79 Å². The standard InChI is InChI=1S/C31H44N8O5S/c1-22-17-26(22)21-38(15-16-43-5)28-19-25(29-34-35-30(44-29)31(3,32)20-24-9-7-6-8-10-24)18-27(33-28)36(4)45(41,42)39-13-11-37(12-14-39)23(2)40/h6-10,18-19,22,26H,11-17,20-21,32H2,1-5H3/t22?,26?,31-/m1/s1. The van der Waals surface area contributed by atoms with Gasteiger partial charge in [-0.05, 0) is 49.3 Å². The van der Waals surface area contributed by atoms with Crippen molar-refractivity contribution in [3.8, 4) is 11.5 Å². The number of rotatable bonds is 13. The number of carbonyl (C=O) groups excluding carboxylic acids is 1. The van der Waals surface area contributed by atoms with Crippen LogP contribution >= 0.6 is 0 Å². The van der Waals surface area contributed by atoms with E-state index >= 15 is 0 Å². The summed E-state index contributed by atoms with van der Waals surface area (Å²) in [5.41, 5.74) is 7.30. The molecule has 1 saturated heterocycles. The second-order valence-electron chi connectivity index (χ2n) is 12.4. The second-order valence-corrected chi connectivity index (χ2v) is 14.3. The summed E-state index contributed by atoms with van der Waals surface area (Å²) in [5.74, 6) is 2.34. The highest BCUT2D eigenvalue weighted by Crippen LogP contribution is 2.39. The van der Waals surface area contributed by atoms with Gasteiger partial charge in [0.25, 0.3) is 0 Å². The molecule has 2 aliphatic rings. The molecule has 2 unspecified atom stereocenters. The van der Waals surface area contributed by atoms with E-state index in [1.165, 1.54) is 22.6 Å². The van der Waals surface area contributed by atoms with Gasteiger partial charge in [0.1, 0.15) is 11.6 Å². The van der Waals surface area contributed by atoms with E-state index in [9.17, 15) is 13.2 Å². The quantitative estimate of drug-likeness (QED) is 0.295. The number of ether oxygens (including phenoxy) is 1. The molecule has 0 spiro atoms. The molecule has 2 fully saturated rings. The number of benzene rings is 1. The summed E-state index contributed by atoms with van der Waals surface area (Å²) >= 11 is 0. The van der Waals surface area contributed by atoms with Gasteiger partial charge >= 0.3 is 10.2 Å². The van der Waals surface area contributed by atoms with Crippen LogP contribution in [0, 0.1) is 11.8 Å². The van der Waals surface area contributed by atoms with Crippen LogP contribution in [-0.2, 0) is 31.7 Å². The molecule has 2 aromatic heterocycles. The Morgan fingerprint density at radius 3 is 2.42 bits per heavy atom. The Hall–Kier alpha value is -3.59. The summed E-state index contributed by atoms with van der Waals surface area (Å²) in [4.78, 5) is 20.4. The van der Waals surface area contributed by atoms with Gasteiger partial charge in [-0.1, -0.05) is 37.3 Å². The minimum Gasteiger partial charge on any atom is -0.419 e. The van der Waals surface area contributed by atoms with E-state index in [2.05, 4.69) is 22.0 Å². The summed E-state index contributed by atoms with van der Waals surface area (Å²) in [6.07, 6.45) is 1.62. The third-order valence-electron chi connectivity index (χ3n) is 8.67. The van der Waals surface area contributed by atoms with E-state index in [1.54, 1.807) is 18.1 Å². The van der Waals surface area contributed by atoms with Crippen LogP contribution in [0.5, 0.6) is 0 Å². The van der Waals surface area contributed by atoms with E-state index in [0.29, 0.717) is 55.9 Å². The summed E-state index contributed by atoms with van der Waals surface area (Å²) in [7, 11) is -0.820. The first-order chi connectivity index (χ1) is 21.4. The van der Waals surface area contributed by atoms with Gasteiger partial charge in [0, 0.05) is 65.9 Å². The van der Waals surface area contributed by atoms with Crippen molar-refractivity contribution in [2.75, 3.05) is 69.2 Å². The van der Waals surface area contributed by atoms with Gasteiger partial charge in [-0.2, -0.15) is 12.7 Å². The number of nitrogens with two attached hydrogens (primary N) is 1. The first-order valence-corrected chi connectivity index (χ1v) is 16.7. The zero-order valence-corrected chi connectivity index (χ0v) is 27.5. The minimum absolute atomic E-state index is 0.0724. The number of hydrogen-bond acceptors (Lipinski definition) is 10. The smallest absolute Gasteiger partial charge is 0.305 e. The lowest BCUT2D eigenvalue weighted by Crippen LogP contribution is -2.53. The number of nitrogens with zero attached hydrogens (tertiary/aromatic N) is 7. The monoisotopic (exact) mass is 640 g/mol. The normalized spacial score (nSPS) is 20.1. The van der Waals surface area contributed by atoms with E-state index in [1.807, 2.05) is 43.3 Å². The van der Waals surface area contributed by atoms with Crippen molar-refractivity contribution in [3.63, 3.8) is 0 Å². The Kier molecular flexibility index (Phi) is 9.77. The lowest BCUT2D eigenvalue weighted by molar-refractivity contribution is -0.129. The molecule has 3 heterocycles. The van der Waals surface area contributed by atoms with Gasteiger partial charge in [-0.15, -0.1) is 10.2 Å². The van der Waals surface area contributed by atoms with Crippen LogP contribution in [-0.4, -0.2) is 98.7 Å². The van der Waals surface area contributed by atoms with Gasteiger partial charge in [0.15, 0.2) is 0 Å². The van der Waals surface area contributed by atoms with Gasteiger partial charge < -0.3 is 24.7 Å². The lowest BCUT2D eigenvalue weighted by atomic mass is 9.94. The maximum absolute atomic E-state index is 13.8. The van der Waals surface area contributed by atoms with Crippen molar-refractivity contribution in [2.45, 2.75) is 39.2 Å². The maximum Gasteiger partial charge on any atom is 0.305 e. The molecular weight excluding hydrogens is 596 g/mol. The largest absolute Gasteiger partial charge is 0.419 e. The molecule has 3 aromatic rings. The highest BCUT2D eigenvalue weighted by atomic mass is 32.2. The predicted molar refractivity (Wildman–Crippen MR) is 172 cm³/mol. The third-order valence-corrected chi connectivity index (χ3v) is 10.6. The average Bonchev–Trinajstić information content (AvgIpc) is 3.47. The van der Waals surface area contributed by atoms with E-state index in [4.69, 9.17) is 19.9 Å². The molecule has 14 heteroatoms. The van der Waals surface area contributed by atoms with Gasteiger partial charge in [0.2, 0.25) is 17.7 Å². The Morgan fingerprint density at radius 2 is 1.80 bits per heavy atom. The molecule has 1 aromatic carbocycles. The topological polar surface area (TPSA) is 151 Å². The van der Waals surface area contributed by atoms with Crippen LogP contribution in [0.15, 0.2) is 46.9 Å². The Labute approximate surface area is 265 Å². The molecule has 13 nitrogen and oxygen atoms in total. The van der Waals surface area contributed by atoms with Gasteiger partial charge in [0.05, 0.1) is 12.1 Å². The predicted octanol–water partition coefficient (Wildman–Crippen LogP) is 2.50. The minimum atomic E-state index is -3.96. The van der Waals surface area contributed by atoms with E-state index in [-0.39, 0.29) is 36.6 Å². The number of methoxy groups -OCH3 is 1. The molecule has 3 atom stereocenters. The van der Waals surface area contributed by atoms with Crippen LogP contribution in [0.1, 0.15) is 38.6 Å². The first-order valence-electron chi connectivity index (χ1n) is 15.3. The molecule has 1 saturated carbocycles. The van der Waals surface area contributed by atoms with Crippen molar-refractivity contribution < 1.29 is 22.4 Å². The summed E-state index contributed by atoms with van der Waals surface area (Å²) in [5, 5.41) is 8.64. The SMILES string of the molecule is COCCN(CC1CC1C)c1cc(-c2nnc([C@](C)(N)Cc3ccccc3)o2)cc(N(C)S(=O)(=O)N2CCN(C(C)=O)CC2)n1. The van der Waals surface area contributed by atoms with E-state index in [0.717, 1.165) is 18.5 Å². The number of aromatic nitrogens is 3. The average molecular weight is 641 g/mol. The van der Waals surface area contributed by atoms with Crippen molar-refractivity contribution in [2.24, 2.45) is 17.6 Å². The molecule has 1 aliphatic heterocycles. The molecule has 0 radical (unpaired) electrons. The number of anilines is 2.